The Morgan fingerprint density at radius 3 is 3.10 bits per heavy atom. The van der Waals surface area contributed by atoms with Crippen LogP contribution >= 0.6 is 0 Å². The van der Waals surface area contributed by atoms with Crippen molar-refractivity contribution in [2.75, 3.05) is 26.7 Å². The SMILES string of the molecule is CN1CCC(c2nc3cccnc3n2CC2CCCO2)C1. The maximum absolute atomic E-state index is 5.83. The van der Waals surface area contributed by atoms with Crippen molar-refractivity contribution in [1.82, 2.24) is 19.4 Å². The van der Waals surface area contributed by atoms with Gasteiger partial charge in [-0.2, -0.15) is 0 Å². The summed E-state index contributed by atoms with van der Waals surface area (Å²) < 4.78 is 8.14. The molecule has 0 aliphatic carbocycles. The fourth-order valence-corrected chi connectivity index (χ4v) is 3.61. The first kappa shape index (κ1) is 13.2. The van der Waals surface area contributed by atoms with E-state index in [-0.39, 0.29) is 0 Å². The van der Waals surface area contributed by atoms with Crippen molar-refractivity contribution in [1.29, 1.82) is 0 Å². The van der Waals surface area contributed by atoms with Crippen LogP contribution in [0.1, 0.15) is 31.0 Å². The number of likely N-dealkylation sites (N-methyl/N-ethyl adjacent to an activating group) is 1. The lowest BCUT2D eigenvalue weighted by molar-refractivity contribution is 0.0968. The molecule has 2 aromatic heterocycles. The van der Waals surface area contributed by atoms with E-state index in [9.17, 15) is 0 Å². The summed E-state index contributed by atoms with van der Waals surface area (Å²) in [6.45, 7) is 4.03. The van der Waals surface area contributed by atoms with Gasteiger partial charge in [0.1, 0.15) is 11.3 Å². The van der Waals surface area contributed by atoms with E-state index >= 15 is 0 Å². The second kappa shape index (κ2) is 5.39. The van der Waals surface area contributed by atoms with Crippen molar-refractivity contribution in [3.63, 3.8) is 0 Å². The number of fused-ring (bicyclic) bond motifs is 1. The van der Waals surface area contributed by atoms with E-state index in [0.29, 0.717) is 12.0 Å². The van der Waals surface area contributed by atoms with Crippen LogP contribution in [0, 0.1) is 0 Å². The number of hydrogen-bond donors (Lipinski definition) is 0. The summed E-state index contributed by atoms with van der Waals surface area (Å²) in [5.41, 5.74) is 2.03. The molecule has 5 heteroatoms. The number of imidazole rings is 1. The Morgan fingerprint density at radius 1 is 1.38 bits per heavy atom. The highest BCUT2D eigenvalue weighted by molar-refractivity contribution is 5.71. The number of hydrogen-bond acceptors (Lipinski definition) is 4. The van der Waals surface area contributed by atoms with Gasteiger partial charge in [-0.05, 0) is 45.0 Å². The van der Waals surface area contributed by atoms with Crippen molar-refractivity contribution in [2.45, 2.75) is 37.8 Å². The number of ether oxygens (including phenoxy) is 1. The molecular weight excluding hydrogens is 264 g/mol. The molecule has 2 aliphatic heterocycles. The van der Waals surface area contributed by atoms with Crippen LogP contribution in [-0.4, -0.2) is 52.3 Å². The van der Waals surface area contributed by atoms with Gasteiger partial charge in [0.25, 0.3) is 0 Å². The Hall–Kier alpha value is -1.46. The topological polar surface area (TPSA) is 43.2 Å². The monoisotopic (exact) mass is 286 g/mol. The van der Waals surface area contributed by atoms with Gasteiger partial charge in [-0.15, -0.1) is 0 Å². The average molecular weight is 286 g/mol. The van der Waals surface area contributed by atoms with Crippen molar-refractivity contribution in [3.8, 4) is 0 Å². The van der Waals surface area contributed by atoms with E-state index in [0.717, 1.165) is 43.8 Å². The standard InChI is InChI=1S/C16H22N4O/c1-19-8-6-12(10-19)15-18-14-5-2-7-17-16(14)20(15)11-13-4-3-9-21-13/h2,5,7,12-13H,3-4,6,8-11H2,1H3. The Bertz CT molecular complexity index is 632. The van der Waals surface area contributed by atoms with Crippen LogP contribution in [0.3, 0.4) is 0 Å². The van der Waals surface area contributed by atoms with E-state index < -0.39 is 0 Å². The van der Waals surface area contributed by atoms with Crippen LogP contribution in [0.2, 0.25) is 0 Å². The van der Waals surface area contributed by atoms with Gasteiger partial charge in [0.15, 0.2) is 5.65 Å². The number of pyridine rings is 1. The molecule has 2 aliphatic rings. The quantitative estimate of drug-likeness (QED) is 0.866. The molecule has 2 unspecified atom stereocenters. The van der Waals surface area contributed by atoms with Crippen molar-refractivity contribution in [2.24, 2.45) is 0 Å². The molecule has 4 heterocycles. The third-order valence-electron chi connectivity index (χ3n) is 4.70. The van der Waals surface area contributed by atoms with E-state index in [1.807, 2.05) is 12.3 Å². The molecule has 2 aromatic rings. The first-order chi connectivity index (χ1) is 10.3. The lowest BCUT2D eigenvalue weighted by atomic mass is 10.1. The number of nitrogens with zero attached hydrogens (tertiary/aromatic N) is 4. The van der Waals surface area contributed by atoms with Crippen LogP contribution in [0.15, 0.2) is 18.3 Å². The van der Waals surface area contributed by atoms with Gasteiger partial charge in [-0.1, -0.05) is 0 Å². The van der Waals surface area contributed by atoms with Crippen molar-refractivity contribution in [3.05, 3.63) is 24.2 Å². The highest BCUT2D eigenvalue weighted by atomic mass is 16.5. The summed E-state index contributed by atoms with van der Waals surface area (Å²) in [5.74, 6) is 1.72. The fourth-order valence-electron chi connectivity index (χ4n) is 3.61. The molecule has 0 saturated carbocycles. The predicted octanol–water partition coefficient (Wildman–Crippen LogP) is 2.03. The number of rotatable bonds is 3. The van der Waals surface area contributed by atoms with Crippen LogP contribution in [0.5, 0.6) is 0 Å². The van der Waals surface area contributed by atoms with Gasteiger partial charge in [0.2, 0.25) is 0 Å². The minimum atomic E-state index is 0.322. The van der Waals surface area contributed by atoms with Gasteiger partial charge in [-0.25, -0.2) is 9.97 Å². The van der Waals surface area contributed by atoms with E-state index in [2.05, 4.69) is 27.6 Å². The average Bonchev–Trinajstić information content (AvgIpc) is 3.20. The fraction of sp³-hybridized carbons (Fsp3) is 0.625. The third kappa shape index (κ3) is 2.45. The van der Waals surface area contributed by atoms with Gasteiger partial charge >= 0.3 is 0 Å². The van der Waals surface area contributed by atoms with Crippen molar-refractivity contribution >= 4 is 11.2 Å². The van der Waals surface area contributed by atoms with Gasteiger partial charge in [0.05, 0.1) is 12.6 Å². The normalized spacial score (nSPS) is 26.9. The molecule has 0 radical (unpaired) electrons. The van der Waals surface area contributed by atoms with Crippen molar-refractivity contribution < 1.29 is 4.74 Å². The molecule has 21 heavy (non-hydrogen) atoms. The summed E-state index contributed by atoms with van der Waals surface area (Å²) >= 11 is 0. The summed E-state index contributed by atoms with van der Waals surface area (Å²) in [4.78, 5) is 11.8. The highest BCUT2D eigenvalue weighted by Crippen LogP contribution is 2.29. The molecule has 112 valence electrons. The molecule has 5 nitrogen and oxygen atoms in total. The molecule has 0 bridgehead atoms. The third-order valence-corrected chi connectivity index (χ3v) is 4.70. The van der Waals surface area contributed by atoms with Gasteiger partial charge in [0, 0.05) is 25.3 Å². The minimum Gasteiger partial charge on any atom is -0.376 e. The molecule has 2 saturated heterocycles. The molecule has 0 amide bonds. The molecule has 4 rings (SSSR count). The van der Waals surface area contributed by atoms with E-state index in [1.165, 1.54) is 18.7 Å². The lowest BCUT2D eigenvalue weighted by Crippen LogP contribution is -2.20. The number of aromatic nitrogens is 3. The summed E-state index contributed by atoms with van der Waals surface area (Å²) in [6, 6.07) is 4.03. The first-order valence-corrected chi connectivity index (χ1v) is 7.92. The zero-order chi connectivity index (χ0) is 14.2. The molecular formula is C16H22N4O. The molecule has 0 N–H and O–H groups in total. The Balaban J connectivity index is 1.73. The zero-order valence-corrected chi connectivity index (χ0v) is 12.5. The van der Waals surface area contributed by atoms with Crippen LogP contribution < -0.4 is 0 Å². The largest absolute Gasteiger partial charge is 0.376 e. The Labute approximate surface area is 124 Å². The second-order valence-electron chi connectivity index (χ2n) is 6.31. The summed E-state index contributed by atoms with van der Waals surface area (Å²) in [7, 11) is 2.19. The maximum atomic E-state index is 5.83. The van der Waals surface area contributed by atoms with Crippen LogP contribution in [0.4, 0.5) is 0 Å². The first-order valence-electron chi connectivity index (χ1n) is 7.92. The Morgan fingerprint density at radius 2 is 2.33 bits per heavy atom. The van der Waals surface area contributed by atoms with E-state index in [1.54, 1.807) is 0 Å². The zero-order valence-electron chi connectivity index (χ0n) is 12.5. The second-order valence-corrected chi connectivity index (χ2v) is 6.31. The minimum absolute atomic E-state index is 0.322. The molecule has 0 aromatic carbocycles. The predicted molar refractivity (Wildman–Crippen MR) is 81.4 cm³/mol. The van der Waals surface area contributed by atoms with E-state index in [4.69, 9.17) is 9.72 Å². The van der Waals surface area contributed by atoms with Crippen LogP contribution in [-0.2, 0) is 11.3 Å². The molecule has 2 fully saturated rings. The number of likely N-dealkylation sites (tertiary alicyclic amines) is 1. The highest BCUT2D eigenvalue weighted by Gasteiger charge is 2.28. The van der Waals surface area contributed by atoms with Crippen LogP contribution in [0.25, 0.3) is 11.2 Å². The van der Waals surface area contributed by atoms with Gasteiger partial charge in [-0.3, -0.25) is 0 Å². The summed E-state index contributed by atoms with van der Waals surface area (Å²) in [5, 5.41) is 0. The summed E-state index contributed by atoms with van der Waals surface area (Å²) in [6.07, 6.45) is 5.69. The lowest BCUT2D eigenvalue weighted by Gasteiger charge is -2.16. The smallest absolute Gasteiger partial charge is 0.160 e. The molecule has 0 spiro atoms. The molecule has 2 atom stereocenters. The maximum Gasteiger partial charge on any atom is 0.160 e. The Kier molecular flexibility index (Phi) is 3.39. The van der Waals surface area contributed by atoms with Gasteiger partial charge < -0.3 is 14.2 Å².